The molecule has 0 heterocycles. The van der Waals surface area contributed by atoms with Crippen LogP contribution in [-0.2, 0) is 9.59 Å². The van der Waals surface area contributed by atoms with Crippen molar-refractivity contribution in [3.63, 3.8) is 0 Å². The quantitative estimate of drug-likeness (QED) is 0.749. The number of ketones is 1. The van der Waals surface area contributed by atoms with E-state index in [9.17, 15) is 9.59 Å². The molecule has 0 aromatic carbocycles. The third kappa shape index (κ3) is 0.918. The Hall–Kier alpha value is -0.380. The van der Waals surface area contributed by atoms with Gasteiger partial charge in [0.05, 0.1) is 10.2 Å². The zero-order valence-corrected chi connectivity index (χ0v) is 11.8. The van der Waals surface area contributed by atoms with Gasteiger partial charge >= 0.3 is 0 Å². The zero-order chi connectivity index (χ0) is 12.4. The number of amides is 1. The van der Waals surface area contributed by atoms with Crippen molar-refractivity contribution in [1.29, 1.82) is 0 Å². The Balaban J connectivity index is 2.63. The molecule has 2 aliphatic carbocycles. The summed E-state index contributed by atoms with van der Waals surface area (Å²) in [6.07, 6.45) is 1.60. The van der Waals surface area contributed by atoms with E-state index in [0.29, 0.717) is 0 Å². The monoisotopic (exact) mass is 287 g/mol. The Morgan fingerprint density at radius 1 is 1.38 bits per heavy atom. The fraction of sp³-hybridized carbons (Fsp3) is 0.833. The predicted molar refractivity (Wildman–Crippen MR) is 65.3 cm³/mol. The minimum atomic E-state index is -0.576. The predicted octanol–water partition coefficient (Wildman–Crippen LogP) is 1.89. The summed E-state index contributed by atoms with van der Waals surface area (Å²) in [5.74, 6) is 0.182. The molecule has 90 valence electrons. The molecule has 2 rings (SSSR count). The van der Waals surface area contributed by atoms with E-state index in [-0.39, 0.29) is 27.3 Å². The lowest BCUT2D eigenvalue weighted by Crippen LogP contribution is -2.49. The maximum atomic E-state index is 12.3. The summed E-state index contributed by atoms with van der Waals surface area (Å²) in [6.45, 7) is 6.10. The fourth-order valence-corrected chi connectivity index (χ4v) is 5.19. The SMILES string of the molecule is CNC(=O)[C@@]12CC[C@](C)(C(=O)[C@@H]1Br)C2(C)C. The van der Waals surface area contributed by atoms with E-state index in [0.717, 1.165) is 12.8 Å². The molecule has 4 heteroatoms. The number of carbonyl (C=O) groups excluding carboxylic acids is 2. The molecular weight excluding hydrogens is 270 g/mol. The summed E-state index contributed by atoms with van der Waals surface area (Å²) in [5, 5.41) is 2.73. The molecule has 2 saturated carbocycles. The lowest BCUT2D eigenvalue weighted by Gasteiger charge is -2.39. The van der Waals surface area contributed by atoms with E-state index in [1.807, 2.05) is 6.92 Å². The van der Waals surface area contributed by atoms with Gasteiger partial charge < -0.3 is 5.32 Å². The second-order valence-corrected chi connectivity index (χ2v) is 6.65. The molecule has 16 heavy (non-hydrogen) atoms. The highest BCUT2D eigenvalue weighted by molar-refractivity contribution is 9.10. The Morgan fingerprint density at radius 2 is 1.94 bits per heavy atom. The molecule has 0 radical (unpaired) electrons. The molecule has 0 saturated heterocycles. The van der Waals surface area contributed by atoms with Crippen molar-refractivity contribution in [2.45, 2.75) is 38.4 Å². The fourth-order valence-electron chi connectivity index (χ4n) is 3.68. The topological polar surface area (TPSA) is 46.2 Å². The largest absolute Gasteiger partial charge is 0.359 e. The lowest BCUT2D eigenvalue weighted by atomic mass is 9.64. The van der Waals surface area contributed by atoms with Gasteiger partial charge in [-0.25, -0.2) is 0 Å². The van der Waals surface area contributed by atoms with E-state index < -0.39 is 5.41 Å². The van der Waals surface area contributed by atoms with Crippen molar-refractivity contribution in [1.82, 2.24) is 5.32 Å². The van der Waals surface area contributed by atoms with E-state index in [4.69, 9.17) is 0 Å². The zero-order valence-electron chi connectivity index (χ0n) is 10.2. The highest BCUT2D eigenvalue weighted by Gasteiger charge is 2.76. The van der Waals surface area contributed by atoms with Crippen LogP contribution in [0.3, 0.4) is 0 Å². The van der Waals surface area contributed by atoms with Gasteiger partial charge in [-0.1, -0.05) is 36.7 Å². The number of fused-ring (bicyclic) bond motifs is 2. The minimum Gasteiger partial charge on any atom is -0.359 e. The number of hydrogen-bond acceptors (Lipinski definition) is 2. The van der Waals surface area contributed by atoms with Crippen molar-refractivity contribution >= 4 is 27.6 Å². The van der Waals surface area contributed by atoms with Gasteiger partial charge in [-0.15, -0.1) is 0 Å². The van der Waals surface area contributed by atoms with E-state index in [1.165, 1.54) is 0 Å². The van der Waals surface area contributed by atoms with Crippen molar-refractivity contribution in [3.8, 4) is 0 Å². The van der Waals surface area contributed by atoms with Crippen LogP contribution < -0.4 is 5.32 Å². The summed E-state index contributed by atoms with van der Waals surface area (Å²) in [5.41, 5.74) is -1.23. The lowest BCUT2D eigenvalue weighted by molar-refractivity contribution is -0.135. The Kier molecular flexibility index (Phi) is 2.34. The summed E-state index contributed by atoms with van der Waals surface area (Å²) in [7, 11) is 1.64. The van der Waals surface area contributed by atoms with Gasteiger partial charge in [0.15, 0.2) is 5.78 Å². The van der Waals surface area contributed by atoms with Crippen molar-refractivity contribution in [2.24, 2.45) is 16.2 Å². The van der Waals surface area contributed by atoms with Crippen molar-refractivity contribution in [3.05, 3.63) is 0 Å². The van der Waals surface area contributed by atoms with Gasteiger partial charge in [0.2, 0.25) is 5.91 Å². The van der Waals surface area contributed by atoms with Crippen LogP contribution in [0.2, 0.25) is 0 Å². The summed E-state index contributed by atoms with van der Waals surface area (Å²) in [6, 6.07) is 0. The first kappa shape index (κ1) is 12.1. The molecule has 3 nitrogen and oxygen atoms in total. The van der Waals surface area contributed by atoms with E-state index >= 15 is 0 Å². The van der Waals surface area contributed by atoms with Crippen LogP contribution in [0.15, 0.2) is 0 Å². The van der Waals surface area contributed by atoms with Gasteiger partial charge in [-0.2, -0.15) is 0 Å². The molecule has 0 aromatic heterocycles. The van der Waals surface area contributed by atoms with Crippen LogP contribution in [-0.4, -0.2) is 23.6 Å². The first-order valence-electron chi connectivity index (χ1n) is 5.66. The molecule has 0 aliphatic heterocycles. The van der Waals surface area contributed by atoms with Gasteiger partial charge in [0, 0.05) is 12.5 Å². The average molecular weight is 288 g/mol. The molecular formula is C12H18BrNO2. The normalized spacial score (nSPS) is 44.8. The van der Waals surface area contributed by atoms with Crippen LogP contribution in [0.4, 0.5) is 0 Å². The smallest absolute Gasteiger partial charge is 0.228 e. The highest BCUT2D eigenvalue weighted by atomic mass is 79.9. The van der Waals surface area contributed by atoms with E-state index in [1.54, 1.807) is 7.05 Å². The number of carbonyl (C=O) groups is 2. The first-order chi connectivity index (χ1) is 7.25. The molecule has 0 aromatic rings. The van der Waals surface area contributed by atoms with E-state index in [2.05, 4.69) is 35.1 Å². The summed E-state index contributed by atoms with van der Waals surface area (Å²) >= 11 is 3.46. The van der Waals surface area contributed by atoms with Crippen molar-refractivity contribution < 1.29 is 9.59 Å². The van der Waals surface area contributed by atoms with Crippen LogP contribution in [0.1, 0.15) is 33.6 Å². The second kappa shape index (κ2) is 3.09. The van der Waals surface area contributed by atoms with Gasteiger partial charge in [-0.05, 0) is 18.3 Å². The maximum Gasteiger partial charge on any atom is 0.228 e. The highest BCUT2D eigenvalue weighted by Crippen LogP contribution is 2.72. The number of Topliss-reactive ketones (excluding diaryl/α,β-unsaturated/α-hetero) is 1. The number of rotatable bonds is 1. The molecule has 0 spiro atoms. The molecule has 2 bridgehead atoms. The summed E-state index contributed by atoms with van der Waals surface area (Å²) in [4.78, 5) is 24.2. The van der Waals surface area contributed by atoms with Crippen LogP contribution in [0.25, 0.3) is 0 Å². The number of nitrogens with one attached hydrogen (secondary N) is 1. The van der Waals surface area contributed by atoms with Gasteiger partial charge in [0.25, 0.3) is 0 Å². The third-order valence-corrected chi connectivity index (χ3v) is 6.55. The molecule has 1 N–H and O–H groups in total. The summed E-state index contributed by atoms with van der Waals surface area (Å²) < 4.78 is 0. The number of alkyl halides is 1. The Labute approximate surface area is 104 Å². The average Bonchev–Trinajstić information content (AvgIpc) is 2.51. The number of hydrogen-bond donors (Lipinski definition) is 1. The third-order valence-electron chi connectivity index (χ3n) is 5.35. The Bertz CT molecular complexity index is 379. The number of halogens is 1. The maximum absolute atomic E-state index is 12.3. The minimum absolute atomic E-state index is 0.00560. The van der Waals surface area contributed by atoms with Gasteiger partial charge in [0.1, 0.15) is 0 Å². The molecule has 3 atom stereocenters. The van der Waals surface area contributed by atoms with Crippen molar-refractivity contribution in [2.75, 3.05) is 7.05 Å². The molecule has 2 aliphatic rings. The standard InChI is InChI=1S/C12H18BrNO2/c1-10(2)11(3)5-6-12(10,9(16)14-4)7(13)8(11)15/h7H,5-6H2,1-4H3,(H,14,16)/t7-,11+,12+/m0/s1. The molecule has 0 unspecified atom stereocenters. The van der Waals surface area contributed by atoms with Crippen LogP contribution in [0.5, 0.6) is 0 Å². The van der Waals surface area contributed by atoms with Crippen LogP contribution in [0, 0.1) is 16.2 Å². The van der Waals surface area contributed by atoms with Crippen LogP contribution >= 0.6 is 15.9 Å². The van der Waals surface area contributed by atoms with Gasteiger partial charge in [-0.3, -0.25) is 9.59 Å². The second-order valence-electron chi connectivity index (χ2n) is 5.73. The Morgan fingerprint density at radius 3 is 2.31 bits per heavy atom. The first-order valence-corrected chi connectivity index (χ1v) is 6.58. The molecule has 1 amide bonds. The molecule has 2 fully saturated rings.